The molecule has 96 valence electrons. The summed E-state index contributed by atoms with van der Waals surface area (Å²) in [7, 11) is 0. The Hall–Kier alpha value is -1.97. The Balaban J connectivity index is 2.09. The van der Waals surface area contributed by atoms with Crippen molar-refractivity contribution in [3.05, 3.63) is 30.0 Å². The Labute approximate surface area is 106 Å². The lowest BCUT2D eigenvalue weighted by Gasteiger charge is -2.05. The van der Waals surface area contributed by atoms with Gasteiger partial charge in [0.25, 0.3) is 0 Å². The van der Waals surface area contributed by atoms with Crippen LogP contribution in [0.25, 0.3) is 10.9 Å². The number of unbranched alkanes of at least 4 members (excludes halogenated alkanes) is 2. The number of aromatic amines is 1. The Morgan fingerprint density at radius 3 is 2.89 bits per heavy atom. The van der Waals surface area contributed by atoms with Crippen LogP contribution in [-0.4, -0.2) is 22.6 Å². The van der Waals surface area contributed by atoms with Crippen LogP contribution in [0.4, 0.5) is 5.69 Å². The molecule has 0 saturated carbocycles. The molecule has 0 aliphatic rings. The lowest BCUT2D eigenvalue weighted by atomic mass is 10.2. The number of carbonyl (C=O) groups is 1. The lowest BCUT2D eigenvalue weighted by Crippen LogP contribution is -2.00. The Bertz CT molecular complexity index is 546. The summed E-state index contributed by atoms with van der Waals surface area (Å²) in [5.74, 6) is -0.927. The maximum Gasteiger partial charge on any atom is 0.352 e. The summed E-state index contributed by atoms with van der Waals surface area (Å²) in [6.07, 6.45) is 3.59. The van der Waals surface area contributed by atoms with Crippen molar-refractivity contribution in [2.75, 3.05) is 11.9 Å². The van der Waals surface area contributed by atoms with Gasteiger partial charge in [-0.05, 0) is 30.7 Å². The zero-order chi connectivity index (χ0) is 13.0. The van der Waals surface area contributed by atoms with E-state index in [0.29, 0.717) is 0 Å². The van der Waals surface area contributed by atoms with E-state index in [1.165, 1.54) is 12.8 Å². The molecule has 0 aliphatic carbocycles. The molecule has 4 nitrogen and oxygen atoms in total. The highest BCUT2D eigenvalue weighted by molar-refractivity contribution is 5.94. The minimum Gasteiger partial charge on any atom is -0.477 e. The largest absolute Gasteiger partial charge is 0.477 e. The Morgan fingerprint density at radius 1 is 1.33 bits per heavy atom. The fraction of sp³-hybridized carbons (Fsp3) is 0.357. The molecule has 0 saturated heterocycles. The molecule has 0 aliphatic heterocycles. The number of rotatable bonds is 6. The van der Waals surface area contributed by atoms with Crippen LogP contribution >= 0.6 is 0 Å². The minimum absolute atomic E-state index is 0.230. The van der Waals surface area contributed by atoms with Gasteiger partial charge in [0.05, 0.1) is 0 Å². The molecule has 2 rings (SSSR count). The molecule has 4 heteroatoms. The maximum atomic E-state index is 10.9. The van der Waals surface area contributed by atoms with E-state index in [-0.39, 0.29) is 5.69 Å². The van der Waals surface area contributed by atoms with Crippen LogP contribution in [0, 0.1) is 0 Å². The van der Waals surface area contributed by atoms with Crippen molar-refractivity contribution in [2.24, 2.45) is 0 Å². The molecule has 0 atom stereocenters. The first-order chi connectivity index (χ1) is 8.70. The zero-order valence-corrected chi connectivity index (χ0v) is 10.5. The second-order valence-electron chi connectivity index (χ2n) is 4.42. The summed E-state index contributed by atoms with van der Waals surface area (Å²) in [5.41, 5.74) is 2.12. The number of aromatic carboxylic acids is 1. The smallest absolute Gasteiger partial charge is 0.352 e. The molecule has 1 aromatic carbocycles. The van der Waals surface area contributed by atoms with Crippen LogP contribution in [0.2, 0.25) is 0 Å². The molecular formula is C14H18N2O2. The summed E-state index contributed by atoms with van der Waals surface area (Å²) in [6, 6.07) is 7.51. The topological polar surface area (TPSA) is 65.1 Å². The summed E-state index contributed by atoms with van der Waals surface area (Å²) in [5, 5.41) is 13.2. The van der Waals surface area contributed by atoms with Gasteiger partial charge < -0.3 is 15.4 Å². The van der Waals surface area contributed by atoms with Gasteiger partial charge in [0, 0.05) is 23.1 Å². The fourth-order valence-corrected chi connectivity index (χ4v) is 1.97. The molecule has 1 aromatic heterocycles. The van der Waals surface area contributed by atoms with Gasteiger partial charge in [-0.1, -0.05) is 19.8 Å². The number of hydrogen-bond acceptors (Lipinski definition) is 2. The van der Waals surface area contributed by atoms with E-state index < -0.39 is 5.97 Å². The number of benzene rings is 1. The van der Waals surface area contributed by atoms with Gasteiger partial charge in [0.15, 0.2) is 0 Å². The van der Waals surface area contributed by atoms with E-state index in [9.17, 15) is 4.79 Å². The summed E-state index contributed by atoms with van der Waals surface area (Å²) in [6.45, 7) is 3.13. The zero-order valence-electron chi connectivity index (χ0n) is 10.5. The highest BCUT2D eigenvalue weighted by Gasteiger charge is 2.07. The molecule has 0 spiro atoms. The van der Waals surface area contributed by atoms with Gasteiger partial charge in [-0.25, -0.2) is 4.79 Å². The third-order valence-corrected chi connectivity index (χ3v) is 2.96. The molecule has 0 radical (unpaired) electrons. The van der Waals surface area contributed by atoms with Crippen LogP contribution in [0.15, 0.2) is 24.3 Å². The maximum absolute atomic E-state index is 10.9. The molecule has 18 heavy (non-hydrogen) atoms. The molecule has 0 bridgehead atoms. The predicted molar refractivity (Wildman–Crippen MR) is 73.3 cm³/mol. The predicted octanol–water partition coefficient (Wildman–Crippen LogP) is 3.47. The Kier molecular flexibility index (Phi) is 3.87. The van der Waals surface area contributed by atoms with Gasteiger partial charge in [0.2, 0.25) is 0 Å². The van der Waals surface area contributed by atoms with E-state index >= 15 is 0 Å². The minimum atomic E-state index is -0.927. The van der Waals surface area contributed by atoms with Gasteiger partial charge >= 0.3 is 5.97 Å². The van der Waals surface area contributed by atoms with E-state index in [0.717, 1.165) is 29.6 Å². The lowest BCUT2D eigenvalue weighted by molar-refractivity contribution is 0.0691. The molecule has 1 heterocycles. The van der Waals surface area contributed by atoms with Crippen molar-refractivity contribution in [1.29, 1.82) is 0 Å². The molecular weight excluding hydrogens is 228 g/mol. The van der Waals surface area contributed by atoms with Crippen molar-refractivity contribution in [1.82, 2.24) is 4.98 Å². The highest BCUT2D eigenvalue weighted by atomic mass is 16.4. The van der Waals surface area contributed by atoms with Crippen molar-refractivity contribution in [3.63, 3.8) is 0 Å². The number of fused-ring (bicyclic) bond motifs is 1. The number of hydrogen-bond donors (Lipinski definition) is 3. The van der Waals surface area contributed by atoms with Crippen molar-refractivity contribution in [3.8, 4) is 0 Å². The van der Waals surface area contributed by atoms with E-state index in [2.05, 4.69) is 17.2 Å². The standard InChI is InChI=1S/C14H18N2O2/c1-2-3-4-7-15-11-5-6-12-10(8-11)9-13(16-12)14(17)18/h5-6,8-9,15-16H,2-4,7H2,1H3,(H,17,18). The SMILES string of the molecule is CCCCCNc1ccc2[nH]c(C(=O)O)cc2c1. The number of anilines is 1. The number of aromatic nitrogens is 1. The number of nitrogens with one attached hydrogen (secondary N) is 2. The van der Waals surface area contributed by atoms with Crippen LogP contribution in [0.3, 0.4) is 0 Å². The molecule has 0 unspecified atom stereocenters. The van der Waals surface area contributed by atoms with Crippen LogP contribution in [0.1, 0.15) is 36.7 Å². The first-order valence-corrected chi connectivity index (χ1v) is 6.30. The highest BCUT2D eigenvalue weighted by Crippen LogP contribution is 2.20. The average molecular weight is 246 g/mol. The first-order valence-electron chi connectivity index (χ1n) is 6.30. The fourth-order valence-electron chi connectivity index (χ4n) is 1.97. The van der Waals surface area contributed by atoms with Crippen LogP contribution < -0.4 is 5.32 Å². The normalized spacial score (nSPS) is 10.7. The number of H-pyrrole nitrogens is 1. The summed E-state index contributed by atoms with van der Waals surface area (Å²) >= 11 is 0. The van der Waals surface area contributed by atoms with Gasteiger partial charge in [0.1, 0.15) is 5.69 Å². The molecule has 0 amide bonds. The van der Waals surface area contributed by atoms with Crippen molar-refractivity contribution >= 4 is 22.6 Å². The quantitative estimate of drug-likeness (QED) is 0.684. The summed E-state index contributed by atoms with van der Waals surface area (Å²) < 4.78 is 0. The van der Waals surface area contributed by atoms with E-state index in [1.807, 2.05) is 18.2 Å². The molecule has 3 N–H and O–H groups in total. The third-order valence-electron chi connectivity index (χ3n) is 2.96. The Morgan fingerprint density at radius 2 is 2.17 bits per heavy atom. The van der Waals surface area contributed by atoms with Crippen molar-refractivity contribution < 1.29 is 9.90 Å². The van der Waals surface area contributed by atoms with Crippen LogP contribution in [0.5, 0.6) is 0 Å². The van der Waals surface area contributed by atoms with Crippen LogP contribution in [-0.2, 0) is 0 Å². The summed E-state index contributed by atoms with van der Waals surface area (Å²) in [4.78, 5) is 13.7. The van der Waals surface area contributed by atoms with E-state index in [4.69, 9.17) is 5.11 Å². The average Bonchev–Trinajstić information content (AvgIpc) is 2.78. The van der Waals surface area contributed by atoms with Gasteiger partial charge in [-0.3, -0.25) is 0 Å². The number of carboxylic acid groups (broad SMARTS) is 1. The second-order valence-corrected chi connectivity index (χ2v) is 4.42. The van der Waals surface area contributed by atoms with E-state index in [1.54, 1.807) is 6.07 Å². The monoisotopic (exact) mass is 246 g/mol. The first kappa shape index (κ1) is 12.5. The number of carboxylic acids is 1. The second kappa shape index (κ2) is 5.58. The molecule has 2 aromatic rings. The van der Waals surface area contributed by atoms with Gasteiger partial charge in [-0.15, -0.1) is 0 Å². The molecule has 0 fully saturated rings. The van der Waals surface area contributed by atoms with Crippen molar-refractivity contribution in [2.45, 2.75) is 26.2 Å². The van der Waals surface area contributed by atoms with Gasteiger partial charge in [-0.2, -0.15) is 0 Å². The third kappa shape index (κ3) is 2.83.